The monoisotopic (exact) mass is 313 g/mol. The van der Waals surface area contributed by atoms with E-state index in [4.69, 9.17) is 5.11 Å². The Labute approximate surface area is 137 Å². The van der Waals surface area contributed by atoms with Gasteiger partial charge in [0, 0.05) is 56.1 Å². The zero-order valence-corrected chi connectivity index (χ0v) is 13.3. The van der Waals surface area contributed by atoms with E-state index in [2.05, 4.69) is 14.9 Å². The van der Waals surface area contributed by atoms with E-state index >= 15 is 0 Å². The van der Waals surface area contributed by atoms with Gasteiger partial charge in [-0.2, -0.15) is 0 Å². The molecule has 0 aromatic carbocycles. The summed E-state index contributed by atoms with van der Waals surface area (Å²) in [4.78, 5) is 21.7. The van der Waals surface area contributed by atoms with E-state index in [1.807, 2.05) is 36.4 Å². The number of nitrogens with zero attached hydrogens (tertiary/aromatic N) is 3. The Morgan fingerprint density at radius 2 is 1.48 bits per heavy atom. The molecule has 2 aromatic heterocycles. The van der Waals surface area contributed by atoms with Crippen molar-refractivity contribution in [2.45, 2.75) is 25.7 Å². The van der Waals surface area contributed by atoms with Gasteiger partial charge in [-0.15, -0.1) is 0 Å². The van der Waals surface area contributed by atoms with Crippen molar-refractivity contribution in [1.82, 2.24) is 14.9 Å². The van der Waals surface area contributed by atoms with Crippen molar-refractivity contribution in [3.05, 3.63) is 60.2 Å². The van der Waals surface area contributed by atoms with Crippen molar-refractivity contribution in [3.8, 4) is 0 Å². The topological polar surface area (TPSA) is 66.3 Å². The van der Waals surface area contributed by atoms with Crippen molar-refractivity contribution in [1.29, 1.82) is 0 Å². The summed E-state index contributed by atoms with van der Waals surface area (Å²) in [5, 5.41) is 8.80. The van der Waals surface area contributed by atoms with Gasteiger partial charge < -0.3 is 10.0 Å². The number of pyridine rings is 2. The summed E-state index contributed by atoms with van der Waals surface area (Å²) in [7, 11) is 0. The molecular weight excluding hydrogens is 290 g/mol. The van der Waals surface area contributed by atoms with E-state index < -0.39 is 5.97 Å². The van der Waals surface area contributed by atoms with Crippen LogP contribution in [0.3, 0.4) is 0 Å². The largest absolute Gasteiger partial charge is 0.481 e. The number of carboxylic acids is 1. The minimum absolute atomic E-state index is 0.212. The minimum Gasteiger partial charge on any atom is -0.481 e. The van der Waals surface area contributed by atoms with Crippen molar-refractivity contribution in [2.24, 2.45) is 0 Å². The molecule has 1 N–H and O–H groups in total. The van der Waals surface area contributed by atoms with Crippen molar-refractivity contribution in [2.75, 3.05) is 19.6 Å². The normalized spacial score (nSPS) is 10.8. The van der Waals surface area contributed by atoms with Gasteiger partial charge in [0.2, 0.25) is 0 Å². The molecule has 0 unspecified atom stereocenters. The predicted molar refractivity (Wildman–Crippen MR) is 89.2 cm³/mol. The number of aromatic nitrogens is 2. The predicted octanol–water partition coefficient (Wildman–Crippen LogP) is 2.43. The van der Waals surface area contributed by atoms with E-state index in [0.717, 1.165) is 43.9 Å². The summed E-state index contributed by atoms with van der Waals surface area (Å²) in [6, 6.07) is 11.8. The van der Waals surface area contributed by atoms with E-state index in [0.29, 0.717) is 6.42 Å². The lowest BCUT2D eigenvalue weighted by molar-refractivity contribution is -0.137. The molecule has 0 aliphatic rings. The zero-order chi connectivity index (χ0) is 16.3. The van der Waals surface area contributed by atoms with Gasteiger partial charge in [0.25, 0.3) is 0 Å². The van der Waals surface area contributed by atoms with Gasteiger partial charge in [-0.1, -0.05) is 12.1 Å². The molecule has 0 bridgehead atoms. The lowest BCUT2D eigenvalue weighted by Crippen LogP contribution is -2.30. The van der Waals surface area contributed by atoms with Gasteiger partial charge in [-0.3, -0.25) is 14.8 Å². The molecule has 0 saturated carbocycles. The fourth-order valence-corrected chi connectivity index (χ4v) is 2.43. The SMILES string of the molecule is O=C(O)CCCN(CCc1ccccn1)CCc1ccccn1. The first-order valence-corrected chi connectivity index (χ1v) is 7.98. The van der Waals surface area contributed by atoms with Crippen LogP contribution in [0, 0.1) is 0 Å². The van der Waals surface area contributed by atoms with Gasteiger partial charge >= 0.3 is 5.97 Å². The quantitative estimate of drug-likeness (QED) is 0.730. The van der Waals surface area contributed by atoms with E-state index in [9.17, 15) is 4.79 Å². The van der Waals surface area contributed by atoms with Crippen LogP contribution in [-0.2, 0) is 17.6 Å². The Morgan fingerprint density at radius 1 is 0.913 bits per heavy atom. The number of rotatable bonds is 10. The Kier molecular flexibility index (Phi) is 7.20. The third-order valence-electron chi connectivity index (χ3n) is 3.69. The second-order valence-electron chi connectivity index (χ2n) is 5.48. The summed E-state index contributed by atoms with van der Waals surface area (Å²) < 4.78 is 0. The van der Waals surface area contributed by atoms with Crippen molar-refractivity contribution < 1.29 is 9.90 Å². The van der Waals surface area contributed by atoms with Gasteiger partial charge in [0.05, 0.1) is 0 Å². The lowest BCUT2D eigenvalue weighted by atomic mass is 10.2. The number of hydrogen-bond donors (Lipinski definition) is 1. The summed E-state index contributed by atoms with van der Waals surface area (Å²) in [6.45, 7) is 2.54. The molecule has 5 nitrogen and oxygen atoms in total. The first kappa shape index (κ1) is 17.1. The third-order valence-corrected chi connectivity index (χ3v) is 3.69. The molecule has 0 atom stereocenters. The molecule has 0 fully saturated rings. The van der Waals surface area contributed by atoms with Gasteiger partial charge in [0.1, 0.15) is 0 Å². The molecule has 0 aliphatic carbocycles. The summed E-state index contributed by atoms with van der Waals surface area (Å²) >= 11 is 0. The van der Waals surface area contributed by atoms with Crippen LogP contribution in [0.25, 0.3) is 0 Å². The smallest absolute Gasteiger partial charge is 0.303 e. The molecule has 0 spiro atoms. The molecule has 2 heterocycles. The third kappa shape index (κ3) is 7.02. The molecule has 0 saturated heterocycles. The molecule has 0 radical (unpaired) electrons. The molecule has 2 aromatic rings. The summed E-state index contributed by atoms with van der Waals surface area (Å²) in [5.41, 5.74) is 2.13. The van der Waals surface area contributed by atoms with Crippen LogP contribution in [0.15, 0.2) is 48.8 Å². The highest BCUT2D eigenvalue weighted by Gasteiger charge is 2.08. The first-order chi connectivity index (χ1) is 11.2. The summed E-state index contributed by atoms with van der Waals surface area (Å²) in [5.74, 6) is -0.737. The van der Waals surface area contributed by atoms with Gasteiger partial charge in [0.15, 0.2) is 0 Å². The maximum atomic E-state index is 10.7. The van der Waals surface area contributed by atoms with Crippen LogP contribution in [0.1, 0.15) is 24.2 Å². The second kappa shape index (κ2) is 9.69. The highest BCUT2D eigenvalue weighted by molar-refractivity contribution is 5.66. The Hall–Kier alpha value is -2.27. The molecule has 0 amide bonds. The van der Waals surface area contributed by atoms with Crippen LogP contribution in [-0.4, -0.2) is 45.6 Å². The maximum absolute atomic E-state index is 10.7. The molecule has 5 heteroatoms. The Bertz CT molecular complexity index is 532. The molecule has 122 valence electrons. The van der Waals surface area contributed by atoms with Crippen molar-refractivity contribution >= 4 is 5.97 Å². The van der Waals surface area contributed by atoms with Crippen LogP contribution < -0.4 is 0 Å². The molecule has 23 heavy (non-hydrogen) atoms. The van der Waals surface area contributed by atoms with Crippen LogP contribution in [0.2, 0.25) is 0 Å². The van der Waals surface area contributed by atoms with Crippen LogP contribution >= 0.6 is 0 Å². The van der Waals surface area contributed by atoms with Crippen molar-refractivity contribution in [3.63, 3.8) is 0 Å². The lowest BCUT2D eigenvalue weighted by Gasteiger charge is -2.21. The fraction of sp³-hybridized carbons (Fsp3) is 0.389. The number of carbonyl (C=O) groups is 1. The van der Waals surface area contributed by atoms with Gasteiger partial charge in [-0.05, 0) is 37.2 Å². The number of carboxylic acid groups (broad SMARTS) is 1. The Balaban J connectivity index is 1.84. The highest BCUT2D eigenvalue weighted by atomic mass is 16.4. The van der Waals surface area contributed by atoms with E-state index in [-0.39, 0.29) is 6.42 Å². The first-order valence-electron chi connectivity index (χ1n) is 7.98. The summed E-state index contributed by atoms with van der Waals surface area (Å²) in [6.07, 6.45) is 6.23. The average Bonchev–Trinajstić information content (AvgIpc) is 2.58. The zero-order valence-electron chi connectivity index (χ0n) is 13.3. The minimum atomic E-state index is -0.737. The average molecular weight is 313 g/mol. The van der Waals surface area contributed by atoms with Crippen LogP contribution in [0.4, 0.5) is 0 Å². The fourth-order valence-electron chi connectivity index (χ4n) is 2.43. The number of aliphatic carboxylic acids is 1. The molecular formula is C18H23N3O2. The standard InChI is InChI=1S/C18H23N3O2/c22-18(23)8-5-13-21(14-9-16-6-1-3-11-19-16)15-10-17-7-2-4-12-20-17/h1-4,6-7,11-12H,5,8-10,13-15H2,(H,22,23). The maximum Gasteiger partial charge on any atom is 0.303 e. The number of hydrogen-bond acceptors (Lipinski definition) is 4. The second-order valence-corrected chi connectivity index (χ2v) is 5.48. The highest BCUT2D eigenvalue weighted by Crippen LogP contribution is 2.03. The van der Waals surface area contributed by atoms with Gasteiger partial charge in [-0.25, -0.2) is 0 Å². The Morgan fingerprint density at radius 3 is 1.91 bits per heavy atom. The van der Waals surface area contributed by atoms with Crippen LogP contribution in [0.5, 0.6) is 0 Å². The van der Waals surface area contributed by atoms with E-state index in [1.165, 1.54) is 0 Å². The van der Waals surface area contributed by atoms with E-state index in [1.54, 1.807) is 12.4 Å². The molecule has 2 rings (SSSR count). The molecule has 0 aliphatic heterocycles.